The highest BCUT2D eigenvalue weighted by molar-refractivity contribution is 5.97. The van der Waals surface area contributed by atoms with Gasteiger partial charge in [0.2, 0.25) is 5.95 Å². The predicted molar refractivity (Wildman–Crippen MR) is 167 cm³/mol. The van der Waals surface area contributed by atoms with Crippen LogP contribution >= 0.6 is 24.8 Å². The number of ether oxygens (including phenoxy) is 1. The first-order valence-corrected chi connectivity index (χ1v) is 14.5. The molecule has 2 aliphatic carbocycles. The third-order valence-corrected chi connectivity index (χ3v) is 8.70. The lowest BCUT2D eigenvalue weighted by molar-refractivity contribution is 0.0715. The second-order valence-corrected chi connectivity index (χ2v) is 11.3. The lowest BCUT2D eigenvalue weighted by atomic mass is 9.92. The maximum Gasteiger partial charge on any atom is 0.257 e. The average molecular weight is 606 g/mol. The normalized spacial score (nSPS) is 21.7. The van der Waals surface area contributed by atoms with E-state index in [-0.39, 0.29) is 36.8 Å². The molecule has 41 heavy (non-hydrogen) atoms. The van der Waals surface area contributed by atoms with E-state index in [1.165, 1.54) is 25.7 Å². The number of halogens is 2. The summed E-state index contributed by atoms with van der Waals surface area (Å²) in [6.07, 6.45) is 12.6. The smallest absolute Gasteiger partial charge is 0.257 e. The summed E-state index contributed by atoms with van der Waals surface area (Å²) in [5.74, 6) is 2.07. The van der Waals surface area contributed by atoms with Gasteiger partial charge in [-0.2, -0.15) is 9.97 Å². The molecule has 0 atom stereocenters. The minimum Gasteiger partial charge on any atom is -0.496 e. The summed E-state index contributed by atoms with van der Waals surface area (Å²) in [6, 6.07) is 8.70. The molecule has 2 aromatic heterocycles. The molecule has 2 saturated carbocycles. The highest BCUT2D eigenvalue weighted by atomic mass is 35.5. The van der Waals surface area contributed by atoms with Crippen LogP contribution in [0, 0.1) is 0 Å². The Morgan fingerprint density at radius 3 is 2.32 bits per heavy atom. The first-order valence-electron chi connectivity index (χ1n) is 14.5. The van der Waals surface area contributed by atoms with Crippen LogP contribution in [0.1, 0.15) is 80.6 Å². The third kappa shape index (κ3) is 6.81. The van der Waals surface area contributed by atoms with Gasteiger partial charge in [0.1, 0.15) is 5.75 Å². The maximum atomic E-state index is 13.2. The number of nitrogens with one attached hydrogen (secondary N) is 2. The number of imidazole rings is 1. The van der Waals surface area contributed by atoms with E-state index in [2.05, 4.69) is 15.2 Å². The number of anilines is 2. The summed E-state index contributed by atoms with van der Waals surface area (Å²) < 4.78 is 7.67. The van der Waals surface area contributed by atoms with E-state index < -0.39 is 0 Å². The summed E-state index contributed by atoms with van der Waals surface area (Å²) in [5.41, 5.74) is 8.47. The van der Waals surface area contributed by atoms with Crippen molar-refractivity contribution in [1.29, 1.82) is 0 Å². The second kappa shape index (κ2) is 13.9. The van der Waals surface area contributed by atoms with Gasteiger partial charge in [-0.3, -0.25) is 4.79 Å². The minimum atomic E-state index is 0. The van der Waals surface area contributed by atoms with Crippen LogP contribution in [-0.4, -0.2) is 68.7 Å². The highest BCUT2D eigenvalue weighted by Gasteiger charge is 2.28. The summed E-state index contributed by atoms with van der Waals surface area (Å²) in [7, 11) is 1.60. The fraction of sp³-hybridized carbons (Fsp3) is 0.586. The number of fused-ring (bicyclic) bond motifs is 1. The number of benzene rings is 1. The number of aromatic nitrogens is 4. The van der Waals surface area contributed by atoms with Gasteiger partial charge in [0, 0.05) is 37.3 Å². The number of nitrogens with two attached hydrogens (primary N) is 1. The number of piperidine rings is 1. The Morgan fingerprint density at radius 1 is 0.927 bits per heavy atom. The molecule has 3 aromatic rings. The molecule has 1 saturated heterocycles. The second-order valence-electron chi connectivity index (χ2n) is 11.3. The third-order valence-electron chi connectivity index (χ3n) is 8.70. The fourth-order valence-electron chi connectivity index (χ4n) is 6.39. The summed E-state index contributed by atoms with van der Waals surface area (Å²) in [4.78, 5) is 29.8. The Kier molecular flexibility index (Phi) is 10.5. The summed E-state index contributed by atoms with van der Waals surface area (Å²) >= 11 is 0. The molecule has 0 radical (unpaired) electrons. The van der Waals surface area contributed by atoms with Crippen molar-refractivity contribution in [1.82, 2.24) is 24.4 Å². The molecule has 4 N–H and O–H groups in total. The number of hydrogen-bond acceptors (Lipinski definition) is 8. The van der Waals surface area contributed by atoms with E-state index in [1.807, 2.05) is 35.5 Å². The quantitative estimate of drug-likeness (QED) is 0.336. The van der Waals surface area contributed by atoms with E-state index >= 15 is 0 Å². The van der Waals surface area contributed by atoms with Gasteiger partial charge in [-0.05, 0) is 63.5 Å². The number of carbonyl (C=O) groups is 1. The lowest BCUT2D eigenvalue weighted by Gasteiger charge is -2.33. The zero-order valence-electron chi connectivity index (χ0n) is 23.6. The van der Waals surface area contributed by atoms with E-state index in [4.69, 9.17) is 25.4 Å². The van der Waals surface area contributed by atoms with Crippen LogP contribution in [0.5, 0.6) is 5.75 Å². The van der Waals surface area contributed by atoms with Crippen LogP contribution in [0.15, 0.2) is 30.6 Å². The topological polar surface area (TPSA) is 123 Å². The number of rotatable bonds is 7. The molecule has 1 amide bonds. The first-order chi connectivity index (χ1) is 19.1. The lowest BCUT2D eigenvalue weighted by Crippen LogP contribution is -2.42. The molecular weight excluding hydrogens is 563 g/mol. The van der Waals surface area contributed by atoms with Crippen LogP contribution in [0.3, 0.4) is 0 Å². The zero-order valence-corrected chi connectivity index (χ0v) is 25.3. The van der Waals surface area contributed by atoms with Crippen molar-refractivity contribution in [2.45, 2.75) is 88.4 Å². The van der Waals surface area contributed by atoms with Crippen LogP contribution in [0.25, 0.3) is 11.2 Å². The van der Waals surface area contributed by atoms with Gasteiger partial charge < -0.3 is 30.6 Å². The van der Waals surface area contributed by atoms with E-state index in [0.29, 0.717) is 48.5 Å². The Labute approximate surface area is 254 Å². The van der Waals surface area contributed by atoms with Crippen molar-refractivity contribution in [2.24, 2.45) is 5.73 Å². The molecule has 0 spiro atoms. The SMILES string of the molecule is COc1ccccc1C(=O)N1CCC(Nc2nc(NC3CCC(N)CC3)nc3c2ncn3C2CCCC2)CC1.Cl.Cl. The molecule has 224 valence electrons. The van der Waals surface area contributed by atoms with Crippen molar-refractivity contribution >= 4 is 53.7 Å². The molecule has 1 aliphatic heterocycles. The molecule has 3 aliphatic rings. The molecule has 3 heterocycles. The standard InChI is InChI=1S/C29H40N8O2.2ClH/c1-39-24-9-5-4-8-23(24)28(38)36-16-14-21(15-17-36)32-26-25-27(37(18-31-25)22-6-2-3-7-22)35-29(34-26)33-20-12-10-19(30)11-13-20;;/h4-5,8-9,18-22H,2-3,6-7,10-17,30H2,1H3,(H2,32,33,34,35);2*1H. The molecule has 1 aromatic carbocycles. The molecule has 12 heteroatoms. The molecule has 0 unspecified atom stereocenters. The van der Waals surface area contributed by atoms with Gasteiger partial charge in [-0.1, -0.05) is 25.0 Å². The molecule has 10 nitrogen and oxygen atoms in total. The van der Waals surface area contributed by atoms with Crippen LogP contribution < -0.4 is 21.1 Å². The zero-order chi connectivity index (χ0) is 26.8. The van der Waals surface area contributed by atoms with Crippen LogP contribution in [0.4, 0.5) is 11.8 Å². The summed E-state index contributed by atoms with van der Waals surface area (Å²) in [6.45, 7) is 1.35. The Bertz CT molecular complexity index is 1300. The van der Waals surface area contributed by atoms with Crippen LogP contribution in [0.2, 0.25) is 0 Å². The van der Waals surface area contributed by atoms with E-state index in [1.54, 1.807) is 7.11 Å². The number of para-hydroxylation sites is 1. The van der Waals surface area contributed by atoms with Gasteiger partial charge in [0.05, 0.1) is 19.0 Å². The molecule has 3 fully saturated rings. The number of methoxy groups -OCH3 is 1. The monoisotopic (exact) mass is 604 g/mol. The van der Waals surface area contributed by atoms with Crippen molar-refractivity contribution in [3.05, 3.63) is 36.2 Å². The van der Waals surface area contributed by atoms with E-state index in [9.17, 15) is 4.79 Å². The average Bonchev–Trinajstić information content (AvgIpc) is 3.65. The minimum absolute atomic E-state index is 0. The largest absolute Gasteiger partial charge is 0.496 e. The van der Waals surface area contributed by atoms with Crippen molar-refractivity contribution < 1.29 is 9.53 Å². The Morgan fingerprint density at radius 2 is 1.61 bits per heavy atom. The number of carbonyl (C=O) groups excluding carboxylic acids is 1. The van der Waals surface area contributed by atoms with E-state index in [0.717, 1.165) is 55.5 Å². The predicted octanol–water partition coefficient (Wildman–Crippen LogP) is 5.19. The number of nitrogens with zero attached hydrogens (tertiary/aromatic N) is 5. The van der Waals surface area contributed by atoms with Gasteiger partial charge in [0.15, 0.2) is 17.0 Å². The van der Waals surface area contributed by atoms with Crippen LogP contribution in [-0.2, 0) is 0 Å². The Hall–Kier alpha value is -2.82. The number of likely N-dealkylation sites (tertiary alicyclic amines) is 1. The maximum absolute atomic E-state index is 13.2. The van der Waals surface area contributed by atoms with Gasteiger partial charge in [-0.15, -0.1) is 24.8 Å². The molecular formula is C29H42Cl2N8O2. The molecule has 0 bridgehead atoms. The van der Waals surface area contributed by atoms with Crippen molar-refractivity contribution in [2.75, 3.05) is 30.8 Å². The van der Waals surface area contributed by atoms with Gasteiger partial charge in [-0.25, -0.2) is 4.98 Å². The number of hydrogen-bond donors (Lipinski definition) is 3. The van der Waals surface area contributed by atoms with Gasteiger partial charge >= 0.3 is 0 Å². The first kappa shape index (κ1) is 31.1. The highest BCUT2D eigenvalue weighted by Crippen LogP contribution is 2.34. The van der Waals surface area contributed by atoms with Gasteiger partial charge in [0.25, 0.3) is 5.91 Å². The van der Waals surface area contributed by atoms with Crippen molar-refractivity contribution in [3.8, 4) is 5.75 Å². The number of amides is 1. The Balaban J connectivity index is 0.00000194. The van der Waals surface area contributed by atoms with Crippen molar-refractivity contribution in [3.63, 3.8) is 0 Å². The summed E-state index contributed by atoms with van der Waals surface area (Å²) in [5, 5.41) is 7.29. The fourth-order valence-corrected chi connectivity index (χ4v) is 6.39. The molecule has 6 rings (SSSR count).